The largest absolute Gasteiger partial charge is 0.459 e. The lowest BCUT2D eigenvalue weighted by molar-refractivity contribution is -0.115. The molecule has 3 aromatic rings. The molecule has 0 fully saturated rings. The maximum Gasteiger partial charge on any atom is 0.230 e. The maximum atomic E-state index is 12.1. The second-order valence-corrected chi connectivity index (χ2v) is 7.41. The molecule has 0 aliphatic heterocycles. The fraction of sp³-hybridized carbons (Fsp3) is 0.125. The normalized spacial score (nSPS) is 10.7. The Bertz CT molecular complexity index is 859. The molecule has 23 heavy (non-hydrogen) atoms. The first kappa shape index (κ1) is 16.5. The third kappa shape index (κ3) is 4.13. The quantitative estimate of drug-likeness (QED) is 0.550. The highest BCUT2D eigenvalue weighted by Gasteiger charge is 2.12. The summed E-state index contributed by atoms with van der Waals surface area (Å²) in [6.45, 7) is 1.89. The van der Waals surface area contributed by atoms with Crippen LogP contribution in [-0.4, -0.2) is 10.9 Å². The number of aryl methyl sites for hydroxylation is 1. The van der Waals surface area contributed by atoms with Crippen molar-refractivity contribution in [2.75, 3.05) is 5.32 Å². The zero-order valence-electron chi connectivity index (χ0n) is 12.1. The Morgan fingerprint density at radius 3 is 2.91 bits per heavy atom. The number of nitrogens with zero attached hydrogens (tertiary/aromatic N) is 1. The summed E-state index contributed by atoms with van der Waals surface area (Å²) >= 11 is 9.74. The van der Waals surface area contributed by atoms with Crippen LogP contribution in [0.3, 0.4) is 0 Å². The summed E-state index contributed by atoms with van der Waals surface area (Å²) in [5.41, 5.74) is 1.31. The minimum absolute atomic E-state index is 0.152. The lowest BCUT2D eigenvalue weighted by Crippen LogP contribution is -2.14. The third-order valence-corrected chi connectivity index (χ3v) is 4.94. The van der Waals surface area contributed by atoms with Crippen LogP contribution in [-0.2, 0) is 11.2 Å². The monoisotopic (exact) mass is 458 g/mol. The highest BCUT2D eigenvalue weighted by Crippen LogP contribution is 2.26. The SMILES string of the molecule is Cc1ccc(-c2nc(CC(=O)Nc3ccc(I)cc3Cl)cs2)o1. The summed E-state index contributed by atoms with van der Waals surface area (Å²) < 4.78 is 6.56. The highest BCUT2D eigenvalue weighted by atomic mass is 127. The van der Waals surface area contributed by atoms with Crippen LogP contribution < -0.4 is 5.32 Å². The summed E-state index contributed by atoms with van der Waals surface area (Å²) in [4.78, 5) is 16.6. The molecule has 0 unspecified atom stereocenters. The number of rotatable bonds is 4. The fourth-order valence-corrected chi connectivity index (χ4v) is 3.68. The van der Waals surface area contributed by atoms with E-state index in [1.807, 2.05) is 30.5 Å². The molecule has 0 aliphatic rings. The summed E-state index contributed by atoms with van der Waals surface area (Å²) in [7, 11) is 0. The van der Waals surface area contributed by atoms with Crippen LogP contribution in [0.2, 0.25) is 5.02 Å². The number of amides is 1. The van der Waals surface area contributed by atoms with Crippen molar-refractivity contribution in [1.82, 2.24) is 4.98 Å². The molecule has 118 valence electrons. The van der Waals surface area contributed by atoms with Crippen LogP contribution in [0.15, 0.2) is 40.1 Å². The Hall–Kier alpha value is -1.38. The first-order valence-electron chi connectivity index (χ1n) is 6.77. The standard InChI is InChI=1S/C16H12ClIN2O2S/c1-9-2-5-14(22-9)16-19-11(8-23-16)7-15(21)20-13-4-3-10(18)6-12(13)17/h2-6,8H,7H2,1H3,(H,20,21). The molecule has 0 saturated carbocycles. The number of anilines is 1. The molecule has 3 rings (SSSR count). The second-order valence-electron chi connectivity index (χ2n) is 4.90. The van der Waals surface area contributed by atoms with Crippen molar-refractivity contribution >= 4 is 57.1 Å². The van der Waals surface area contributed by atoms with Gasteiger partial charge < -0.3 is 9.73 Å². The summed E-state index contributed by atoms with van der Waals surface area (Å²) in [6.07, 6.45) is 0.193. The predicted octanol–water partition coefficient (Wildman–Crippen LogP) is 5.15. The van der Waals surface area contributed by atoms with E-state index in [1.54, 1.807) is 12.1 Å². The fourth-order valence-electron chi connectivity index (χ4n) is 2.00. The minimum atomic E-state index is -0.152. The third-order valence-electron chi connectivity index (χ3n) is 3.05. The Morgan fingerprint density at radius 2 is 2.22 bits per heavy atom. The van der Waals surface area contributed by atoms with E-state index >= 15 is 0 Å². The highest BCUT2D eigenvalue weighted by molar-refractivity contribution is 14.1. The number of benzene rings is 1. The molecule has 0 atom stereocenters. The van der Waals surface area contributed by atoms with E-state index in [-0.39, 0.29) is 12.3 Å². The number of carbonyl (C=O) groups excluding carboxylic acids is 1. The first-order valence-corrected chi connectivity index (χ1v) is 9.11. The number of aromatic nitrogens is 1. The van der Waals surface area contributed by atoms with Gasteiger partial charge in [0.05, 0.1) is 22.8 Å². The minimum Gasteiger partial charge on any atom is -0.459 e. The Morgan fingerprint density at radius 1 is 1.39 bits per heavy atom. The van der Waals surface area contributed by atoms with E-state index in [4.69, 9.17) is 16.0 Å². The van der Waals surface area contributed by atoms with Crippen molar-refractivity contribution in [3.05, 3.63) is 55.8 Å². The molecular weight excluding hydrogens is 447 g/mol. The molecule has 1 aromatic carbocycles. The number of halogens is 2. The van der Waals surface area contributed by atoms with Gasteiger partial charge in [0.25, 0.3) is 0 Å². The molecule has 0 saturated heterocycles. The predicted molar refractivity (Wildman–Crippen MR) is 101 cm³/mol. The van der Waals surface area contributed by atoms with Crippen LogP contribution in [0, 0.1) is 10.5 Å². The molecule has 4 nitrogen and oxygen atoms in total. The summed E-state index contributed by atoms with van der Waals surface area (Å²) in [5, 5.41) is 5.96. The average molecular weight is 459 g/mol. The van der Waals surface area contributed by atoms with E-state index in [0.717, 1.165) is 20.1 Å². The molecule has 0 bridgehead atoms. The van der Waals surface area contributed by atoms with Crippen molar-refractivity contribution in [1.29, 1.82) is 0 Å². The molecule has 1 amide bonds. The van der Waals surface area contributed by atoms with Crippen LogP contribution in [0.25, 0.3) is 10.8 Å². The molecule has 0 aliphatic carbocycles. The van der Waals surface area contributed by atoms with Crippen LogP contribution in [0.5, 0.6) is 0 Å². The van der Waals surface area contributed by atoms with E-state index in [9.17, 15) is 4.79 Å². The van der Waals surface area contributed by atoms with Crippen molar-refractivity contribution in [3.63, 3.8) is 0 Å². The van der Waals surface area contributed by atoms with E-state index in [2.05, 4.69) is 32.9 Å². The number of carbonyl (C=O) groups is 1. The topological polar surface area (TPSA) is 55.1 Å². The molecule has 1 N–H and O–H groups in total. The van der Waals surface area contributed by atoms with Gasteiger partial charge in [-0.2, -0.15) is 0 Å². The lowest BCUT2D eigenvalue weighted by Gasteiger charge is -2.06. The second kappa shape index (κ2) is 7.02. The van der Waals surface area contributed by atoms with Crippen LogP contribution in [0.4, 0.5) is 5.69 Å². The molecular formula is C16H12ClIN2O2S. The number of nitrogens with one attached hydrogen (secondary N) is 1. The van der Waals surface area contributed by atoms with E-state index in [0.29, 0.717) is 16.4 Å². The molecule has 2 aromatic heterocycles. The summed E-state index contributed by atoms with van der Waals surface area (Å²) in [5.74, 6) is 1.41. The molecule has 0 spiro atoms. The van der Waals surface area contributed by atoms with Crippen molar-refractivity contribution in [3.8, 4) is 10.8 Å². The number of furan rings is 1. The van der Waals surface area contributed by atoms with E-state index in [1.165, 1.54) is 11.3 Å². The summed E-state index contributed by atoms with van der Waals surface area (Å²) in [6, 6.07) is 9.26. The maximum absolute atomic E-state index is 12.1. The lowest BCUT2D eigenvalue weighted by atomic mass is 10.3. The van der Waals surface area contributed by atoms with Gasteiger partial charge in [0.2, 0.25) is 5.91 Å². The van der Waals surface area contributed by atoms with Gasteiger partial charge in [0.1, 0.15) is 5.76 Å². The first-order chi connectivity index (χ1) is 11.0. The zero-order valence-corrected chi connectivity index (χ0v) is 15.8. The van der Waals surface area contributed by atoms with Gasteiger partial charge in [-0.25, -0.2) is 4.98 Å². The van der Waals surface area contributed by atoms with Gasteiger partial charge in [-0.1, -0.05) is 11.6 Å². The van der Waals surface area contributed by atoms with Gasteiger partial charge in [0.15, 0.2) is 10.8 Å². The van der Waals surface area contributed by atoms with Gasteiger partial charge >= 0.3 is 0 Å². The number of hydrogen-bond donors (Lipinski definition) is 1. The Kier molecular flexibility index (Phi) is 5.03. The molecule has 0 radical (unpaired) electrons. The van der Waals surface area contributed by atoms with Gasteiger partial charge in [-0.15, -0.1) is 11.3 Å². The molecule has 2 heterocycles. The van der Waals surface area contributed by atoms with Crippen molar-refractivity contribution < 1.29 is 9.21 Å². The van der Waals surface area contributed by atoms with Crippen molar-refractivity contribution in [2.45, 2.75) is 13.3 Å². The van der Waals surface area contributed by atoms with Crippen LogP contribution in [0.1, 0.15) is 11.5 Å². The van der Waals surface area contributed by atoms with Gasteiger partial charge in [-0.05, 0) is 59.8 Å². The molecule has 7 heteroatoms. The van der Waals surface area contributed by atoms with Crippen LogP contribution >= 0.6 is 45.5 Å². The van der Waals surface area contributed by atoms with Gasteiger partial charge in [0, 0.05) is 8.95 Å². The smallest absolute Gasteiger partial charge is 0.230 e. The van der Waals surface area contributed by atoms with Gasteiger partial charge in [-0.3, -0.25) is 4.79 Å². The number of hydrogen-bond acceptors (Lipinski definition) is 4. The van der Waals surface area contributed by atoms with Crippen molar-refractivity contribution in [2.24, 2.45) is 0 Å². The zero-order chi connectivity index (χ0) is 16.4. The van der Waals surface area contributed by atoms with E-state index < -0.39 is 0 Å². The Balaban J connectivity index is 1.67. The average Bonchev–Trinajstić information content (AvgIpc) is 3.11. The Labute approximate surface area is 156 Å². The number of thiazole rings is 1.